The summed E-state index contributed by atoms with van der Waals surface area (Å²) in [6.07, 6.45) is 7.20. The molecule has 1 aromatic heterocycles. The van der Waals surface area contributed by atoms with E-state index >= 15 is 0 Å². The van der Waals surface area contributed by atoms with E-state index < -0.39 is 0 Å². The van der Waals surface area contributed by atoms with Crippen LogP contribution in [0.4, 0.5) is 0 Å². The van der Waals surface area contributed by atoms with Crippen molar-refractivity contribution in [3.05, 3.63) is 17.8 Å². The van der Waals surface area contributed by atoms with E-state index in [0.717, 1.165) is 50.6 Å². The molecular formula is C13H24N2O2. The molecule has 98 valence electrons. The monoisotopic (exact) mass is 240 g/mol. The quantitative estimate of drug-likeness (QED) is 0.637. The van der Waals surface area contributed by atoms with Crippen LogP contribution in [0.5, 0.6) is 0 Å². The molecule has 0 aliphatic heterocycles. The highest BCUT2D eigenvalue weighted by Gasteiger charge is 2.02. The largest absolute Gasteiger partial charge is 0.446 e. The Kier molecular flexibility index (Phi) is 7.67. The van der Waals surface area contributed by atoms with Crippen LogP contribution in [-0.4, -0.2) is 31.8 Å². The summed E-state index contributed by atoms with van der Waals surface area (Å²) in [5, 5.41) is 3.30. The number of oxazole rings is 1. The van der Waals surface area contributed by atoms with Gasteiger partial charge in [0.15, 0.2) is 5.89 Å². The molecule has 0 fully saturated rings. The average molecular weight is 240 g/mol. The molecule has 0 radical (unpaired) electrons. The lowest BCUT2D eigenvalue weighted by atomic mass is 10.2. The van der Waals surface area contributed by atoms with Gasteiger partial charge in [0, 0.05) is 26.5 Å². The minimum absolute atomic E-state index is 0.764. The Bertz CT molecular complexity index is 287. The van der Waals surface area contributed by atoms with E-state index in [1.165, 1.54) is 12.8 Å². The lowest BCUT2D eigenvalue weighted by molar-refractivity contribution is 0.199. The molecule has 1 heterocycles. The van der Waals surface area contributed by atoms with E-state index in [4.69, 9.17) is 9.15 Å². The predicted molar refractivity (Wildman–Crippen MR) is 68.2 cm³/mol. The fraction of sp³-hybridized carbons (Fsp3) is 0.769. The minimum atomic E-state index is 0.764. The Morgan fingerprint density at radius 1 is 1.29 bits per heavy atom. The molecule has 1 N–H and O–H groups in total. The van der Waals surface area contributed by atoms with E-state index in [2.05, 4.69) is 17.2 Å². The minimum Gasteiger partial charge on any atom is -0.446 e. The van der Waals surface area contributed by atoms with Gasteiger partial charge in [0.2, 0.25) is 0 Å². The summed E-state index contributed by atoms with van der Waals surface area (Å²) in [6.45, 7) is 4.84. The second-order valence-corrected chi connectivity index (χ2v) is 4.17. The molecule has 0 amide bonds. The highest BCUT2D eigenvalue weighted by molar-refractivity contribution is 4.94. The lowest BCUT2D eigenvalue weighted by Crippen LogP contribution is -2.20. The van der Waals surface area contributed by atoms with Crippen LogP contribution in [0.1, 0.15) is 37.8 Å². The molecule has 0 spiro atoms. The molecular weight excluding hydrogens is 216 g/mol. The van der Waals surface area contributed by atoms with E-state index in [1.54, 1.807) is 7.11 Å². The highest BCUT2D eigenvalue weighted by Crippen LogP contribution is 2.08. The SMILES string of the molecule is CCCCc1cnc(CCCNCCOC)o1. The first-order valence-corrected chi connectivity index (χ1v) is 6.50. The topological polar surface area (TPSA) is 47.3 Å². The maximum atomic E-state index is 5.65. The number of ether oxygens (including phenoxy) is 1. The normalized spacial score (nSPS) is 10.9. The van der Waals surface area contributed by atoms with Crippen LogP contribution in [0.25, 0.3) is 0 Å². The van der Waals surface area contributed by atoms with Gasteiger partial charge in [-0.2, -0.15) is 0 Å². The molecule has 4 nitrogen and oxygen atoms in total. The summed E-state index contributed by atoms with van der Waals surface area (Å²) in [6, 6.07) is 0. The van der Waals surface area contributed by atoms with Crippen molar-refractivity contribution in [1.29, 1.82) is 0 Å². The van der Waals surface area contributed by atoms with Crippen molar-refractivity contribution in [3.63, 3.8) is 0 Å². The molecule has 0 aliphatic rings. The molecule has 0 atom stereocenters. The van der Waals surface area contributed by atoms with Gasteiger partial charge in [-0.25, -0.2) is 4.98 Å². The van der Waals surface area contributed by atoms with Gasteiger partial charge in [0.25, 0.3) is 0 Å². The summed E-state index contributed by atoms with van der Waals surface area (Å²) < 4.78 is 10.6. The number of hydrogen-bond donors (Lipinski definition) is 1. The smallest absolute Gasteiger partial charge is 0.194 e. The Balaban J connectivity index is 2.08. The first-order chi connectivity index (χ1) is 8.36. The maximum Gasteiger partial charge on any atom is 0.194 e. The van der Waals surface area contributed by atoms with Crippen molar-refractivity contribution in [2.24, 2.45) is 0 Å². The lowest BCUT2D eigenvalue weighted by Gasteiger charge is -2.01. The molecule has 0 saturated heterocycles. The molecule has 1 aromatic rings. The van der Waals surface area contributed by atoms with Crippen LogP contribution in [0.15, 0.2) is 10.6 Å². The number of nitrogens with zero attached hydrogens (tertiary/aromatic N) is 1. The first-order valence-electron chi connectivity index (χ1n) is 6.50. The van der Waals surface area contributed by atoms with Crippen molar-refractivity contribution < 1.29 is 9.15 Å². The van der Waals surface area contributed by atoms with Gasteiger partial charge in [-0.15, -0.1) is 0 Å². The number of methoxy groups -OCH3 is 1. The Morgan fingerprint density at radius 2 is 2.18 bits per heavy atom. The molecule has 0 unspecified atom stereocenters. The number of nitrogens with one attached hydrogen (secondary N) is 1. The van der Waals surface area contributed by atoms with Gasteiger partial charge in [-0.05, 0) is 19.4 Å². The molecule has 0 bridgehead atoms. The van der Waals surface area contributed by atoms with Gasteiger partial charge in [-0.3, -0.25) is 0 Å². The number of unbranched alkanes of at least 4 members (excludes halogenated alkanes) is 1. The fourth-order valence-electron chi connectivity index (χ4n) is 1.59. The van der Waals surface area contributed by atoms with Crippen LogP contribution in [0.2, 0.25) is 0 Å². The second kappa shape index (κ2) is 9.19. The summed E-state index contributed by atoms with van der Waals surface area (Å²) in [5.41, 5.74) is 0. The summed E-state index contributed by atoms with van der Waals surface area (Å²) >= 11 is 0. The highest BCUT2D eigenvalue weighted by atomic mass is 16.5. The van der Waals surface area contributed by atoms with E-state index in [1.807, 2.05) is 6.20 Å². The van der Waals surface area contributed by atoms with Crippen LogP contribution >= 0.6 is 0 Å². The molecule has 17 heavy (non-hydrogen) atoms. The Labute approximate surface area is 104 Å². The number of aromatic nitrogens is 1. The molecule has 0 saturated carbocycles. The van der Waals surface area contributed by atoms with Crippen molar-refractivity contribution in [2.45, 2.75) is 39.0 Å². The predicted octanol–water partition coefficient (Wildman–Crippen LogP) is 2.19. The number of aryl methyl sites for hydroxylation is 2. The van der Waals surface area contributed by atoms with Gasteiger partial charge >= 0.3 is 0 Å². The van der Waals surface area contributed by atoms with Crippen molar-refractivity contribution in [2.75, 3.05) is 26.8 Å². The van der Waals surface area contributed by atoms with Crippen LogP contribution in [0, 0.1) is 0 Å². The zero-order valence-electron chi connectivity index (χ0n) is 11.0. The standard InChI is InChI=1S/C13H24N2O2/c1-3-4-6-12-11-15-13(17-12)7-5-8-14-9-10-16-2/h11,14H,3-10H2,1-2H3. The fourth-order valence-corrected chi connectivity index (χ4v) is 1.59. The van der Waals surface area contributed by atoms with Crippen molar-refractivity contribution in [1.82, 2.24) is 10.3 Å². The molecule has 0 aliphatic carbocycles. The molecule has 1 rings (SSSR count). The maximum absolute atomic E-state index is 5.65. The van der Waals surface area contributed by atoms with Gasteiger partial charge in [-0.1, -0.05) is 13.3 Å². The third-order valence-corrected chi connectivity index (χ3v) is 2.61. The molecule has 4 heteroatoms. The van der Waals surface area contributed by atoms with Gasteiger partial charge in [0.1, 0.15) is 5.76 Å². The van der Waals surface area contributed by atoms with E-state index in [-0.39, 0.29) is 0 Å². The van der Waals surface area contributed by atoms with Crippen LogP contribution in [-0.2, 0) is 17.6 Å². The van der Waals surface area contributed by atoms with E-state index in [9.17, 15) is 0 Å². The van der Waals surface area contributed by atoms with E-state index in [0.29, 0.717) is 0 Å². The third kappa shape index (κ3) is 6.44. The van der Waals surface area contributed by atoms with Crippen LogP contribution < -0.4 is 5.32 Å². The Morgan fingerprint density at radius 3 is 2.94 bits per heavy atom. The third-order valence-electron chi connectivity index (χ3n) is 2.61. The second-order valence-electron chi connectivity index (χ2n) is 4.17. The zero-order valence-corrected chi connectivity index (χ0v) is 11.0. The number of rotatable bonds is 10. The first kappa shape index (κ1) is 14.2. The average Bonchev–Trinajstić information content (AvgIpc) is 2.79. The Hall–Kier alpha value is -0.870. The zero-order chi connectivity index (χ0) is 12.3. The molecule has 0 aromatic carbocycles. The van der Waals surface area contributed by atoms with Crippen molar-refractivity contribution >= 4 is 0 Å². The van der Waals surface area contributed by atoms with Gasteiger partial charge in [0.05, 0.1) is 12.8 Å². The summed E-state index contributed by atoms with van der Waals surface area (Å²) in [5.74, 6) is 1.89. The van der Waals surface area contributed by atoms with Crippen molar-refractivity contribution in [3.8, 4) is 0 Å². The number of hydrogen-bond acceptors (Lipinski definition) is 4. The summed E-state index contributed by atoms with van der Waals surface area (Å²) in [4.78, 5) is 4.28. The van der Waals surface area contributed by atoms with Gasteiger partial charge < -0.3 is 14.5 Å². The summed E-state index contributed by atoms with van der Waals surface area (Å²) in [7, 11) is 1.71. The van der Waals surface area contributed by atoms with Crippen LogP contribution in [0.3, 0.4) is 0 Å².